The molecule has 3 N–H and O–H groups in total. The van der Waals surface area contributed by atoms with Gasteiger partial charge in [0.25, 0.3) is 5.91 Å². The van der Waals surface area contributed by atoms with E-state index in [2.05, 4.69) is 16.0 Å². The fourth-order valence-electron chi connectivity index (χ4n) is 1.92. The second kappa shape index (κ2) is 9.43. The molecule has 1 aromatic rings. The second-order valence-corrected chi connectivity index (χ2v) is 5.96. The lowest BCUT2D eigenvalue weighted by molar-refractivity contribution is -0.116. The molecule has 0 saturated heterocycles. The molecule has 0 atom stereocenters. The average molecular weight is 326 g/mol. The molecule has 0 unspecified atom stereocenters. The van der Waals surface area contributed by atoms with E-state index in [1.165, 1.54) is 0 Å². The van der Waals surface area contributed by atoms with E-state index in [1.54, 1.807) is 18.2 Å². The first kappa shape index (κ1) is 18.5. The van der Waals surface area contributed by atoms with Crippen LogP contribution in [0.15, 0.2) is 18.2 Å². The third kappa shape index (κ3) is 6.45. The summed E-state index contributed by atoms with van der Waals surface area (Å²) >= 11 is 6.07. The van der Waals surface area contributed by atoms with Crippen molar-refractivity contribution in [2.24, 2.45) is 5.92 Å². The van der Waals surface area contributed by atoms with Crippen LogP contribution < -0.4 is 16.0 Å². The standard InChI is InChI=1S/C16H24ClN3O2/c1-11(2)9-15(21)20-12-5-6-14(17)13(10-12)16(22)19-8-4-7-18-3/h5-6,10-11,18H,4,7-9H2,1-3H3,(H,19,22)(H,20,21). The quantitative estimate of drug-likeness (QED) is 0.644. The van der Waals surface area contributed by atoms with Gasteiger partial charge in [-0.15, -0.1) is 0 Å². The Morgan fingerprint density at radius 2 is 1.95 bits per heavy atom. The van der Waals surface area contributed by atoms with E-state index in [0.29, 0.717) is 29.2 Å². The van der Waals surface area contributed by atoms with Gasteiger partial charge in [-0.05, 0) is 44.1 Å². The number of benzene rings is 1. The minimum absolute atomic E-state index is 0.0716. The maximum atomic E-state index is 12.1. The first-order valence-corrected chi connectivity index (χ1v) is 7.84. The predicted molar refractivity (Wildman–Crippen MR) is 90.4 cm³/mol. The molecule has 0 aliphatic heterocycles. The summed E-state index contributed by atoms with van der Waals surface area (Å²) in [5, 5.41) is 8.98. The Morgan fingerprint density at radius 3 is 2.59 bits per heavy atom. The number of rotatable bonds is 8. The third-order valence-corrected chi connectivity index (χ3v) is 3.31. The van der Waals surface area contributed by atoms with E-state index in [1.807, 2.05) is 20.9 Å². The van der Waals surface area contributed by atoms with E-state index in [9.17, 15) is 9.59 Å². The van der Waals surface area contributed by atoms with Crippen LogP contribution >= 0.6 is 11.6 Å². The van der Waals surface area contributed by atoms with Crippen molar-refractivity contribution in [3.05, 3.63) is 28.8 Å². The zero-order chi connectivity index (χ0) is 16.5. The summed E-state index contributed by atoms with van der Waals surface area (Å²) in [5.41, 5.74) is 0.948. The Morgan fingerprint density at radius 1 is 1.23 bits per heavy atom. The summed E-state index contributed by atoms with van der Waals surface area (Å²) in [6, 6.07) is 4.92. The van der Waals surface area contributed by atoms with Crippen molar-refractivity contribution in [2.45, 2.75) is 26.7 Å². The molecule has 0 fully saturated rings. The summed E-state index contributed by atoms with van der Waals surface area (Å²) in [6.07, 6.45) is 1.28. The number of hydrogen-bond donors (Lipinski definition) is 3. The van der Waals surface area contributed by atoms with Crippen LogP contribution in [0.1, 0.15) is 37.0 Å². The lowest BCUT2D eigenvalue weighted by Crippen LogP contribution is -2.27. The highest BCUT2D eigenvalue weighted by molar-refractivity contribution is 6.34. The van der Waals surface area contributed by atoms with Crippen molar-refractivity contribution in [2.75, 3.05) is 25.5 Å². The van der Waals surface area contributed by atoms with E-state index in [-0.39, 0.29) is 17.7 Å². The van der Waals surface area contributed by atoms with Gasteiger partial charge < -0.3 is 16.0 Å². The van der Waals surface area contributed by atoms with E-state index >= 15 is 0 Å². The van der Waals surface area contributed by atoms with Gasteiger partial charge in [-0.1, -0.05) is 25.4 Å². The van der Waals surface area contributed by atoms with Gasteiger partial charge in [-0.3, -0.25) is 9.59 Å². The fourth-order valence-corrected chi connectivity index (χ4v) is 2.13. The molecule has 122 valence electrons. The van der Waals surface area contributed by atoms with Gasteiger partial charge in [0.2, 0.25) is 5.91 Å². The summed E-state index contributed by atoms with van der Waals surface area (Å²) < 4.78 is 0. The number of carbonyl (C=O) groups excluding carboxylic acids is 2. The van der Waals surface area contributed by atoms with Crippen LogP contribution in [-0.4, -0.2) is 32.0 Å². The highest BCUT2D eigenvalue weighted by atomic mass is 35.5. The average Bonchev–Trinajstić information content (AvgIpc) is 2.44. The molecule has 0 aliphatic rings. The van der Waals surface area contributed by atoms with Crippen LogP contribution in [-0.2, 0) is 4.79 Å². The Labute approximate surface area is 136 Å². The Bertz CT molecular complexity index is 518. The largest absolute Gasteiger partial charge is 0.352 e. The number of carbonyl (C=O) groups is 2. The number of halogens is 1. The predicted octanol–water partition coefficient (Wildman–Crippen LogP) is 2.66. The van der Waals surface area contributed by atoms with Gasteiger partial charge in [-0.2, -0.15) is 0 Å². The van der Waals surface area contributed by atoms with Gasteiger partial charge in [0.1, 0.15) is 0 Å². The summed E-state index contributed by atoms with van der Waals surface area (Å²) in [6.45, 7) is 5.36. The molecule has 0 saturated carbocycles. The molecule has 0 aromatic heterocycles. The van der Waals surface area contributed by atoms with Gasteiger partial charge in [0.15, 0.2) is 0 Å². The maximum Gasteiger partial charge on any atom is 0.252 e. The van der Waals surface area contributed by atoms with E-state index in [4.69, 9.17) is 11.6 Å². The Hall–Kier alpha value is -1.59. The SMILES string of the molecule is CNCCCNC(=O)c1cc(NC(=O)CC(C)C)ccc1Cl. The topological polar surface area (TPSA) is 70.2 Å². The van der Waals surface area contributed by atoms with Crippen molar-refractivity contribution in [3.63, 3.8) is 0 Å². The molecule has 0 spiro atoms. The zero-order valence-electron chi connectivity index (χ0n) is 13.3. The second-order valence-electron chi connectivity index (χ2n) is 5.55. The monoisotopic (exact) mass is 325 g/mol. The lowest BCUT2D eigenvalue weighted by Gasteiger charge is -2.11. The minimum atomic E-state index is -0.235. The highest BCUT2D eigenvalue weighted by Crippen LogP contribution is 2.21. The van der Waals surface area contributed by atoms with Gasteiger partial charge in [0.05, 0.1) is 10.6 Å². The molecule has 1 rings (SSSR count). The zero-order valence-corrected chi connectivity index (χ0v) is 14.1. The highest BCUT2D eigenvalue weighted by Gasteiger charge is 2.12. The number of amides is 2. The maximum absolute atomic E-state index is 12.1. The summed E-state index contributed by atoms with van der Waals surface area (Å²) in [4.78, 5) is 23.9. The van der Waals surface area contributed by atoms with Crippen LogP contribution in [0, 0.1) is 5.92 Å². The lowest BCUT2D eigenvalue weighted by atomic mass is 10.1. The minimum Gasteiger partial charge on any atom is -0.352 e. The number of anilines is 1. The van der Waals surface area contributed by atoms with Gasteiger partial charge >= 0.3 is 0 Å². The number of nitrogens with one attached hydrogen (secondary N) is 3. The molecular weight excluding hydrogens is 302 g/mol. The van der Waals surface area contributed by atoms with Crippen molar-refractivity contribution < 1.29 is 9.59 Å². The smallest absolute Gasteiger partial charge is 0.252 e. The molecular formula is C16H24ClN3O2. The Kier molecular flexibility index (Phi) is 7.91. The van der Waals surface area contributed by atoms with Crippen molar-refractivity contribution in [1.29, 1.82) is 0 Å². The van der Waals surface area contributed by atoms with Crippen LogP contribution in [0.4, 0.5) is 5.69 Å². The van der Waals surface area contributed by atoms with E-state index < -0.39 is 0 Å². The summed E-state index contributed by atoms with van der Waals surface area (Å²) in [5.74, 6) is -0.0268. The van der Waals surface area contributed by atoms with E-state index in [0.717, 1.165) is 13.0 Å². The summed E-state index contributed by atoms with van der Waals surface area (Å²) in [7, 11) is 1.86. The van der Waals surface area contributed by atoms with Crippen LogP contribution in [0.3, 0.4) is 0 Å². The molecule has 0 radical (unpaired) electrons. The first-order chi connectivity index (χ1) is 10.4. The third-order valence-electron chi connectivity index (χ3n) is 2.98. The molecule has 2 amide bonds. The molecule has 1 aromatic carbocycles. The molecule has 0 aliphatic carbocycles. The molecule has 0 heterocycles. The van der Waals surface area contributed by atoms with Crippen molar-refractivity contribution in [3.8, 4) is 0 Å². The molecule has 22 heavy (non-hydrogen) atoms. The van der Waals surface area contributed by atoms with Crippen LogP contribution in [0.25, 0.3) is 0 Å². The molecule has 6 heteroatoms. The Balaban J connectivity index is 2.68. The van der Waals surface area contributed by atoms with Crippen molar-refractivity contribution >= 4 is 29.1 Å². The van der Waals surface area contributed by atoms with Crippen LogP contribution in [0.5, 0.6) is 0 Å². The fraction of sp³-hybridized carbons (Fsp3) is 0.500. The van der Waals surface area contributed by atoms with Gasteiger partial charge in [-0.25, -0.2) is 0 Å². The van der Waals surface area contributed by atoms with Crippen LogP contribution in [0.2, 0.25) is 5.02 Å². The number of hydrogen-bond acceptors (Lipinski definition) is 3. The molecule has 0 bridgehead atoms. The molecule has 5 nitrogen and oxygen atoms in total. The normalized spacial score (nSPS) is 10.6. The van der Waals surface area contributed by atoms with Gasteiger partial charge in [0, 0.05) is 18.7 Å². The first-order valence-electron chi connectivity index (χ1n) is 7.46. The van der Waals surface area contributed by atoms with Crippen molar-refractivity contribution in [1.82, 2.24) is 10.6 Å².